The molecule has 3 unspecified atom stereocenters. The smallest absolute Gasteiger partial charge is 0.314 e. The van der Waals surface area contributed by atoms with E-state index in [1.165, 1.54) is 6.42 Å². The van der Waals surface area contributed by atoms with Gasteiger partial charge in [-0.25, -0.2) is 0 Å². The minimum absolute atomic E-state index is 0.359. The molecule has 1 aromatic carbocycles. The summed E-state index contributed by atoms with van der Waals surface area (Å²) in [5.41, 5.74) is 0.430. The zero-order valence-electron chi connectivity index (χ0n) is 9.23. The highest BCUT2D eigenvalue weighted by Crippen LogP contribution is 2.57. The molecule has 0 spiro atoms. The first kappa shape index (κ1) is 9.88. The second kappa shape index (κ2) is 3.34. The number of fused-ring (bicyclic) bond motifs is 2. The number of benzene rings is 1. The third-order valence-electron chi connectivity index (χ3n) is 4.52. The summed E-state index contributed by atoms with van der Waals surface area (Å²) in [5, 5.41) is 9.64. The predicted molar refractivity (Wildman–Crippen MR) is 61.2 cm³/mol. The molecule has 2 aliphatic carbocycles. The minimum Gasteiger partial charge on any atom is -0.481 e. The van der Waals surface area contributed by atoms with E-state index in [2.05, 4.69) is 0 Å². The third kappa shape index (κ3) is 1.16. The van der Waals surface area contributed by atoms with Crippen LogP contribution >= 0.6 is 0 Å². The second-order valence-electron chi connectivity index (χ2n) is 5.22. The molecular formula is C14H16O2. The van der Waals surface area contributed by atoms with Crippen molar-refractivity contribution < 1.29 is 9.90 Å². The van der Waals surface area contributed by atoms with Crippen molar-refractivity contribution in [3.63, 3.8) is 0 Å². The van der Waals surface area contributed by atoms with E-state index in [9.17, 15) is 9.90 Å². The van der Waals surface area contributed by atoms with Gasteiger partial charge < -0.3 is 5.11 Å². The zero-order valence-corrected chi connectivity index (χ0v) is 9.23. The molecule has 1 aromatic rings. The normalized spacial score (nSPS) is 36.5. The number of hydrogen-bond acceptors (Lipinski definition) is 1. The zero-order chi connectivity index (χ0) is 11.2. The second-order valence-corrected chi connectivity index (χ2v) is 5.22. The summed E-state index contributed by atoms with van der Waals surface area (Å²) in [6.45, 7) is 0. The standard InChI is InChI=1S/C14H16O2/c15-13(16)14(11-4-2-1-3-5-11)9-10-6-7-12(14)8-10/h1-5,10,12H,6-9H2,(H,15,16). The molecule has 2 saturated carbocycles. The molecule has 2 aliphatic rings. The Bertz CT molecular complexity index is 412. The van der Waals surface area contributed by atoms with Crippen molar-refractivity contribution in [2.75, 3.05) is 0 Å². The van der Waals surface area contributed by atoms with Crippen molar-refractivity contribution in [2.45, 2.75) is 31.1 Å². The molecule has 84 valence electrons. The maximum absolute atomic E-state index is 11.7. The van der Waals surface area contributed by atoms with Gasteiger partial charge in [-0.05, 0) is 36.7 Å². The van der Waals surface area contributed by atoms with Crippen LogP contribution in [-0.2, 0) is 10.2 Å². The fraction of sp³-hybridized carbons (Fsp3) is 0.500. The first-order valence-electron chi connectivity index (χ1n) is 6.02. The van der Waals surface area contributed by atoms with Gasteiger partial charge in [-0.1, -0.05) is 36.8 Å². The van der Waals surface area contributed by atoms with Crippen LogP contribution in [0.3, 0.4) is 0 Å². The lowest BCUT2D eigenvalue weighted by molar-refractivity contribution is -0.146. The van der Waals surface area contributed by atoms with Crippen LogP contribution in [0.15, 0.2) is 30.3 Å². The lowest BCUT2D eigenvalue weighted by Gasteiger charge is -2.34. The summed E-state index contributed by atoms with van der Waals surface area (Å²) >= 11 is 0. The van der Waals surface area contributed by atoms with E-state index in [1.807, 2.05) is 30.3 Å². The van der Waals surface area contributed by atoms with Gasteiger partial charge in [-0.2, -0.15) is 0 Å². The van der Waals surface area contributed by atoms with Crippen LogP contribution in [0.5, 0.6) is 0 Å². The first-order chi connectivity index (χ1) is 7.73. The van der Waals surface area contributed by atoms with Crippen LogP contribution in [0.4, 0.5) is 0 Å². The molecule has 0 aliphatic heterocycles. The summed E-state index contributed by atoms with van der Waals surface area (Å²) < 4.78 is 0. The van der Waals surface area contributed by atoms with Crippen LogP contribution in [-0.4, -0.2) is 11.1 Å². The monoisotopic (exact) mass is 216 g/mol. The van der Waals surface area contributed by atoms with Crippen molar-refractivity contribution in [2.24, 2.45) is 11.8 Å². The average Bonchev–Trinajstić information content (AvgIpc) is 2.90. The van der Waals surface area contributed by atoms with Crippen LogP contribution in [0.1, 0.15) is 31.2 Å². The van der Waals surface area contributed by atoms with Crippen LogP contribution < -0.4 is 0 Å². The van der Waals surface area contributed by atoms with Gasteiger partial charge in [0.2, 0.25) is 0 Å². The Morgan fingerprint density at radius 1 is 1.25 bits per heavy atom. The molecule has 0 aromatic heterocycles. The highest BCUT2D eigenvalue weighted by molar-refractivity contribution is 5.82. The molecule has 16 heavy (non-hydrogen) atoms. The lowest BCUT2D eigenvalue weighted by Crippen LogP contribution is -2.40. The Morgan fingerprint density at radius 3 is 2.50 bits per heavy atom. The summed E-state index contributed by atoms with van der Waals surface area (Å²) in [5.74, 6) is 0.379. The summed E-state index contributed by atoms with van der Waals surface area (Å²) in [6.07, 6.45) is 4.27. The van der Waals surface area contributed by atoms with Crippen molar-refractivity contribution in [3.8, 4) is 0 Å². The van der Waals surface area contributed by atoms with Crippen molar-refractivity contribution in [1.29, 1.82) is 0 Å². The Balaban J connectivity index is 2.08. The molecular weight excluding hydrogens is 200 g/mol. The fourth-order valence-corrected chi connectivity index (χ4v) is 3.80. The molecule has 0 amide bonds. The third-order valence-corrected chi connectivity index (χ3v) is 4.52. The molecule has 0 radical (unpaired) electrons. The van der Waals surface area contributed by atoms with E-state index >= 15 is 0 Å². The van der Waals surface area contributed by atoms with Gasteiger partial charge in [0.25, 0.3) is 0 Å². The maximum atomic E-state index is 11.7. The van der Waals surface area contributed by atoms with Gasteiger partial charge >= 0.3 is 5.97 Å². The number of hydrogen-bond donors (Lipinski definition) is 1. The summed E-state index contributed by atoms with van der Waals surface area (Å²) in [4.78, 5) is 11.7. The largest absolute Gasteiger partial charge is 0.481 e. The van der Waals surface area contributed by atoms with Gasteiger partial charge in [0.1, 0.15) is 0 Å². The number of carboxylic acid groups (broad SMARTS) is 1. The highest BCUT2D eigenvalue weighted by Gasteiger charge is 2.56. The van der Waals surface area contributed by atoms with Crippen LogP contribution in [0, 0.1) is 11.8 Å². The average molecular weight is 216 g/mol. The Kier molecular flexibility index (Phi) is 2.06. The molecule has 0 saturated heterocycles. The van der Waals surface area contributed by atoms with E-state index in [4.69, 9.17) is 0 Å². The molecule has 2 heteroatoms. The van der Waals surface area contributed by atoms with Gasteiger partial charge in [-0.3, -0.25) is 4.79 Å². The maximum Gasteiger partial charge on any atom is 0.314 e. The van der Waals surface area contributed by atoms with E-state index in [1.54, 1.807) is 0 Å². The summed E-state index contributed by atoms with van der Waals surface area (Å²) in [7, 11) is 0. The molecule has 3 atom stereocenters. The molecule has 2 fully saturated rings. The van der Waals surface area contributed by atoms with Gasteiger partial charge in [-0.15, -0.1) is 0 Å². The molecule has 0 heterocycles. The van der Waals surface area contributed by atoms with Crippen molar-refractivity contribution in [3.05, 3.63) is 35.9 Å². The SMILES string of the molecule is O=C(O)C1(c2ccccc2)CC2CCC1C2. The number of aliphatic carboxylic acids is 1. The summed E-state index contributed by atoms with van der Waals surface area (Å²) in [6, 6.07) is 9.81. The Labute approximate surface area is 95.3 Å². The van der Waals surface area contributed by atoms with Crippen LogP contribution in [0.25, 0.3) is 0 Å². The van der Waals surface area contributed by atoms with E-state index in [0.717, 1.165) is 24.8 Å². The minimum atomic E-state index is -0.620. The van der Waals surface area contributed by atoms with E-state index in [-0.39, 0.29) is 0 Å². The number of carbonyl (C=O) groups is 1. The van der Waals surface area contributed by atoms with Gasteiger partial charge in [0.05, 0.1) is 5.41 Å². The predicted octanol–water partition coefficient (Wildman–Crippen LogP) is 2.83. The van der Waals surface area contributed by atoms with Crippen molar-refractivity contribution in [1.82, 2.24) is 0 Å². The Morgan fingerprint density at radius 2 is 2.00 bits per heavy atom. The quantitative estimate of drug-likeness (QED) is 0.825. The van der Waals surface area contributed by atoms with E-state index < -0.39 is 11.4 Å². The lowest BCUT2D eigenvalue weighted by atomic mass is 9.68. The van der Waals surface area contributed by atoms with E-state index in [0.29, 0.717) is 11.8 Å². The molecule has 1 N–H and O–H groups in total. The number of rotatable bonds is 2. The molecule has 2 nitrogen and oxygen atoms in total. The first-order valence-corrected chi connectivity index (χ1v) is 6.02. The Hall–Kier alpha value is -1.31. The van der Waals surface area contributed by atoms with Crippen LogP contribution in [0.2, 0.25) is 0 Å². The molecule has 3 rings (SSSR count). The van der Waals surface area contributed by atoms with Gasteiger partial charge in [0, 0.05) is 0 Å². The number of carboxylic acids is 1. The highest BCUT2D eigenvalue weighted by atomic mass is 16.4. The fourth-order valence-electron chi connectivity index (χ4n) is 3.80. The van der Waals surface area contributed by atoms with Gasteiger partial charge in [0.15, 0.2) is 0 Å². The topological polar surface area (TPSA) is 37.3 Å². The molecule has 2 bridgehead atoms. The van der Waals surface area contributed by atoms with Crippen molar-refractivity contribution >= 4 is 5.97 Å².